The Morgan fingerprint density at radius 3 is 2.68 bits per heavy atom. The summed E-state index contributed by atoms with van der Waals surface area (Å²) in [7, 11) is 0. The molecule has 1 amide bonds. The normalized spacial score (nSPS) is 13.9. The number of hydrogen-bond acceptors (Lipinski definition) is 3. The molecule has 25 heavy (non-hydrogen) atoms. The van der Waals surface area contributed by atoms with Crippen molar-refractivity contribution in [3.63, 3.8) is 0 Å². The van der Waals surface area contributed by atoms with Crippen molar-refractivity contribution in [1.29, 1.82) is 0 Å². The van der Waals surface area contributed by atoms with Gasteiger partial charge in [-0.1, -0.05) is 17.7 Å². The standard InChI is InChI=1S/C19H17ClFNO3/c1-11(25-19(24)16-8-6-14(20)10-17(16)21)18(23)22-15-7-5-12-3-2-4-13(12)9-15/h5-11H,2-4H2,1H3,(H,22,23)/t11-/m0/s1. The molecule has 0 radical (unpaired) electrons. The zero-order valence-corrected chi connectivity index (χ0v) is 14.4. The molecule has 0 aromatic heterocycles. The van der Waals surface area contributed by atoms with Gasteiger partial charge in [-0.15, -0.1) is 0 Å². The number of carbonyl (C=O) groups is 2. The quantitative estimate of drug-likeness (QED) is 0.832. The maximum atomic E-state index is 13.7. The predicted octanol–water partition coefficient (Wildman–Crippen LogP) is 4.15. The maximum Gasteiger partial charge on any atom is 0.341 e. The fraction of sp³-hybridized carbons (Fsp3) is 0.263. The Balaban J connectivity index is 1.63. The van der Waals surface area contributed by atoms with E-state index in [9.17, 15) is 14.0 Å². The molecular formula is C19H17ClFNO3. The molecule has 3 rings (SSSR count). The lowest BCUT2D eigenvalue weighted by molar-refractivity contribution is -0.123. The number of carbonyl (C=O) groups excluding carboxylic acids is 2. The molecule has 1 aliphatic rings. The van der Waals surface area contributed by atoms with Gasteiger partial charge in [0.15, 0.2) is 6.10 Å². The number of aryl methyl sites for hydroxylation is 2. The highest BCUT2D eigenvalue weighted by Gasteiger charge is 2.22. The van der Waals surface area contributed by atoms with E-state index in [1.54, 1.807) is 0 Å². The zero-order chi connectivity index (χ0) is 18.0. The Labute approximate surface area is 149 Å². The van der Waals surface area contributed by atoms with Crippen LogP contribution in [0.3, 0.4) is 0 Å². The Morgan fingerprint density at radius 2 is 1.92 bits per heavy atom. The Morgan fingerprint density at radius 1 is 1.16 bits per heavy atom. The van der Waals surface area contributed by atoms with Crippen molar-refractivity contribution in [1.82, 2.24) is 0 Å². The molecule has 0 unspecified atom stereocenters. The summed E-state index contributed by atoms with van der Waals surface area (Å²) in [6, 6.07) is 9.40. The molecule has 130 valence electrons. The third-order valence-corrected chi connectivity index (χ3v) is 4.41. The van der Waals surface area contributed by atoms with Crippen LogP contribution < -0.4 is 5.32 Å². The second-order valence-electron chi connectivity index (χ2n) is 6.00. The van der Waals surface area contributed by atoms with Crippen LogP contribution in [0.5, 0.6) is 0 Å². The van der Waals surface area contributed by atoms with Crippen molar-refractivity contribution >= 4 is 29.2 Å². The maximum absolute atomic E-state index is 13.7. The smallest absolute Gasteiger partial charge is 0.341 e. The molecule has 0 aliphatic heterocycles. The molecule has 0 bridgehead atoms. The summed E-state index contributed by atoms with van der Waals surface area (Å²) in [5.74, 6) is -2.17. The number of anilines is 1. The minimum absolute atomic E-state index is 0.177. The number of hydrogen-bond donors (Lipinski definition) is 1. The molecule has 0 fully saturated rings. The molecule has 2 aromatic rings. The Bertz CT molecular complexity index is 837. The van der Waals surface area contributed by atoms with Crippen molar-refractivity contribution in [2.45, 2.75) is 32.3 Å². The topological polar surface area (TPSA) is 55.4 Å². The average Bonchev–Trinajstić information content (AvgIpc) is 3.02. The average molecular weight is 362 g/mol. The summed E-state index contributed by atoms with van der Waals surface area (Å²) < 4.78 is 18.8. The van der Waals surface area contributed by atoms with E-state index in [4.69, 9.17) is 16.3 Å². The first-order valence-electron chi connectivity index (χ1n) is 8.03. The van der Waals surface area contributed by atoms with Crippen LogP contribution in [0.15, 0.2) is 36.4 Å². The minimum Gasteiger partial charge on any atom is -0.449 e. The van der Waals surface area contributed by atoms with E-state index in [1.807, 2.05) is 18.2 Å². The van der Waals surface area contributed by atoms with E-state index in [-0.39, 0.29) is 10.6 Å². The van der Waals surface area contributed by atoms with Gasteiger partial charge in [-0.25, -0.2) is 9.18 Å². The van der Waals surface area contributed by atoms with Crippen molar-refractivity contribution < 1.29 is 18.7 Å². The van der Waals surface area contributed by atoms with Crippen LogP contribution in [0.4, 0.5) is 10.1 Å². The third kappa shape index (κ3) is 3.99. The number of rotatable bonds is 4. The number of benzene rings is 2. The minimum atomic E-state index is -1.06. The lowest BCUT2D eigenvalue weighted by Gasteiger charge is -2.14. The lowest BCUT2D eigenvalue weighted by atomic mass is 10.1. The fourth-order valence-corrected chi connectivity index (χ4v) is 2.98. The second-order valence-corrected chi connectivity index (χ2v) is 6.43. The van der Waals surface area contributed by atoms with Crippen molar-refractivity contribution in [3.8, 4) is 0 Å². The van der Waals surface area contributed by atoms with Crippen molar-refractivity contribution in [2.24, 2.45) is 0 Å². The van der Waals surface area contributed by atoms with E-state index >= 15 is 0 Å². The van der Waals surface area contributed by atoms with Crippen LogP contribution in [0.25, 0.3) is 0 Å². The number of halogens is 2. The zero-order valence-electron chi connectivity index (χ0n) is 13.6. The number of ether oxygens (including phenoxy) is 1. The van der Waals surface area contributed by atoms with E-state index < -0.39 is 23.8 Å². The highest BCUT2D eigenvalue weighted by molar-refractivity contribution is 6.30. The van der Waals surface area contributed by atoms with Crippen LogP contribution in [0, 0.1) is 5.82 Å². The molecule has 0 saturated heterocycles. The van der Waals surface area contributed by atoms with Crippen molar-refractivity contribution in [3.05, 3.63) is 63.9 Å². The summed E-state index contributed by atoms with van der Waals surface area (Å²) in [6.07, 6.45) is 2.12. The SMILES string of the molecule is C[C@H](OC(=O)c1ccc(Cl)cc1F)C(=O)Nc1ccc2c(c1)CCC2. The molecular weight excluding hydrogens is 345 g/mol. The van der Waals surface area contributed by atoms with E-state index in [0.29, 0.717) is 5.69 Å². The Hall–Kier alpha value is -2.40. The van der Waals surface area contributed by atoms with Gasteiger partial charge in [0, 0.05) is 10.7 Å². The summed E-state index contributed by atoms with van der Waals surface area (Å²) >= 11 is 5.65. The number of esters is 1. The molecule has 0 heterocycles. The van der Waals surface area contributed by atoms with Gasteiger partial charge in [0.1, 0.15) is 5.82 Å². The van der Waals surface area contributed by atoms with Crippen LogP contribution >= 0.6 is 11.6 Å². The monoisotopic (exact) mass is 361 g/mol. The molecule has 6 heteroatoms. The first kappa shape index (κ1) is 17.4. The predicted molar refractivity (Wildman–Crippen MR) is 93.4 cm³/mol. The van der Waals surface area contributed by atoms with Gasteiger partial charge in [0.2, 0.25) is 0 Å². The van der Waals surface area contributed by atoms with Crippen LogP contribution in [0.1, 0.15) is 34.8 Å². The molecule has 1 aliphatic carbocycles. The van der Waals surface area contributed by atoms with Crippen molar-refractivity contribution in [2.75, 3.05) is 5.32 Å². The van der Waals surface area contributed by atoms with Crippen LogP contribution in [0.2, 0.25) is 5.02 Å². The number of nitrogens with one attached hydrogen (secondary N) is 1. The van der Waals surface area contributed by atoms with Crippen LogP contribution in [-0.2, 0) is 22.4 Å². The van der Waals surface area contributed by atoms with Gasteiger partial charge in [0.25, 0.3) is 5.91 Å². The second kappa shape index (κ2) is 7.23. The molecule has 0 saturated carbocycles. The molecule has 1 N–H and O–H groups in total. The highest BCUT2D eigenvalue weighted by Crippen LogP contribution is 2.25. The van der Waals surface area contributed by atoms with E-state index in [2.05, 4.69) is 5.32 Å². The Kier molecular flexibility index (Phi) is 5.04. The first-order chi connectivity index (χ1) is 11.9. The molecule has 4 nitrogen and oxygen atoms in total. The lowest BCUT2D eigenvalue weighted by Crippen LogP contribution is -2.30. The number of fused-ring (bicyclic) bond motifs is 1. The van der Waals surface area contributed by atoms with Gasteiger partial charge >= 0.3 is 5.97 Å². The fourth-order valence-electron chi connectivity index (χ4n) is 2.83. The summed E-state index contributed by atoms with van der Waals surface area (Å²) in [6.45, 7) is 1.44. The third-order valence-electron chi connectivity index (χ3n) is 4.17. The highest BCUT2D eigenvalue weighted by atomic mass is 35.5. The summed E-state index contributed by atoms with van der Waals surface area (Å²) in [4.78, 5) is 24.2. The summed E-state index contributed by atoms with van der Waals surface area (Å²) in [5.41, 5.74) is 2.93. The van der Waals surface area contributed by atoms with E-state index in [1.165, 1.54) is 30.2 Å². The molecule has 1 atom stereocenters. The van der Waals surface area contributed by atoms with Gasteiger partial charge in [0.05, 0.1) is 5.56 Å². The van der Waals surface area contributed by atoms with E-state index in [0.717, 1.165) is 25.3 Å². The van der Waals surface area contributed by atoms with Gasteiger partial charge in [-0.05, 0) is 67.6 Å². The van der Waals surface area contributed by atoms with Gasteiger partial charge < -0.3 is 10.1 Å². The van der Waals surface area contributed by atoms with Gasteiger partial charge in [-0.3, -0.25) is 4.79 Å². The largest absolute Gasteiger partial charge is 0.449 e. The molecule has 0 spiro atoms. The number of amides is 1. The van der Waals surface area contributed by atoms with Gasteiger partial charge in [-0.2, -0.15) is 0 Å². The van der Waals surface area contributed by atoms with Crippen LogP contribution in [-0.4, -0.2) is 18.0 Å². The summed E-state index contributed by atoms with van der Waals surface area (Å²) in [5, 5.41) is 2.90. The molecule has 2 aromatic carbocycles. The first-order valence-corrected chi connectivity index (χ1v) is 8.40.